The first-order valence-corrected chi connectivity index (χ1v) is 10.5. The number of anilines is 1. The Bertz CT molecular complexity index is 984. The van der Waals surface area contributed by atoms with Gasteiger partial charge in [-0.1, -0.05) is 24.3 Å². The van der Waals surface area contributed by atoms with Gasteiger partial charge in [0, 0.05) is 24.3 Å². The highest BCUT2D eigenvalue weighted by Gasteiger charge is 2.40. The highest BCUT2D eigenvalue weighted by Crippen LogP contribution is 2.24. The molecule has 0 aromatic heterocycles. The van der Waals surface area contributed by atoms with Crippen LogP contribution in [0.5, 0.6) is 0 Å². The van der Waals surface area contributed by atoms with Gasteiger partial charge in [0.25, 0.3) is 5.91 Å². The van der Waals surface area contributed by atoms with Crippen molar-refractivity contribution < 1.29 is 14.4 Å². The summed E-state index contributed by atoms with van der Waals surface area (Å²) in [5.74, 6) is -0.104. The van der Waals surface area contributed by atoms with Crippen LogP contribution >= 0.6 is 0 Å². The number of hydrogen-bond donors (Lipinski definition) is 1. The van der Waals surface area contributed by atoms with Crippen LogP contribution in [0.3, 0.4) is 0 Å². The minimum Gasteiger partial charge on any atom is -0.329 e. The molecular formula is C24H27N3O3. The zero-order valence-corrected chi connectivity index (χ0v) is 17.5. The van der Waals surface area contributed by atoms with Gasteiger partial charge in [-0.2, -0.15) is 0 Å². The summed E-state index contributed by atoms with van der Waals surface area (Å²) < 4.78 is 0. The van der Waals surface area contributed by atoms with Crippen LogP contribution in [0.1, 0.15) is 46.3 Å². The fraction of sp³-hybridized carbons (Fsp3) is 0.375. The lowest BCUT2D eigenvalue weighted by Crippen LogP contribution is -2.60. The first-order valence-electron chi connectivity index (χ1n) is 10.5. The van der Waals surface area contributed by atoms with Crippen molar-refractivity contribution in [1.82, 2.24) is 9.80 Å². The number of aryl methyl sites for hydroxylation is 1. The minimum absolute atomic E-state index is 0.0313. The number of amides is 3. The molecule has 0 radical (unpaired) electrons. The molecule has 0 spiro atoms. The second-order valence-corrected chi connectivity index (χ2v) is 8.19. The molecule has 0 saturated carbocycles. The molecule has 2 fully saturated rings. The fourth-order valence-electron chi connectivity index (χ4n) is 4.23. The number of nitrogens with zero attached hydrogens (tertiary/aromatic N) is 2. The number of rotatable bonds is 4. The molecule has 2 heterocycles. The van der Waals surface area contributed by atoms with Crippen molar-refractivity contribution in [2.75, 3.05) is 18.4 Å². The SMILES string of the molecule is Cc1cccc(NC(=O)c2ccc(CN3CC(=O)N4CCCC[C@@H]4C3=O)cc2)c1C. The van der Waals surface area contributed by atoms with Gasteiger partial charge in [-0.15, -0.1) is 0 Å². The molecular weight excluding hydrogens is 378 g/mol. The molecule has 2 saturated heterocycles. The lowest BCUT2D eigenvalue weighted by atomic mass is 9.98. The van der Waals surface area contributed by atoms with E-state index in [1.807, 2.05) is 44.2 Å². The molecule has 2 aromatic carbocycles. The molecule has 2 aliphatic heterocycles. The van der Waals surface area contributed by atoms with Gasteiger partial charge in [-0.3, -0.25) is 14.4 Å². The largest absolute Gasteiger partial charge is 0.329 e. The van der Waals surface area contributed by atoms with Crippen LogP contribution in [0.25, 0.3) is 0 Å². The quantitative estimate of drug-likeness (QED) is 0.849. The summed E-state index contributed by atoms with van der Waals surface area (Å²) in [6.07, 6.45) is 2.71. The zero-order chi connectivity index (χ0) is 21.3. The van der Waals surface area contributed by atoms with Crippen LogP contribution in [0.15, 0.2) is 42.5 Å². The second kappa shape index (κ2) is 8.30. The number of nitrogens with one attached hydrogen (secondary N) is 1. The van der Waals surface area contributed by atoms with Crippen molar-refractivity contribution >= 4 is 23.4 Å². The number of hydrogen-bond acceptors (Lipinski definition) is 3. The maximum Gasteiger partial charge on any atom is 0.255 e. The summed E-state index contributed by atoms with van der Waals surface area (Å²) in [6, 6.07) is 12.7. The highest BCUT2D eigenvalue weighted by atomic mass is 16.2. The lowest BCUT2D eigenvalue weighted by molar-refractivity contribution is -0.158. The number of carbonyl (C=O) groups is 3. The summed E-state index contributed by atoms with van der Waals surface area (Å²) in [5, 5.41) is 2.96. The maximum atomic E-state index is 12.8. The van der Waals surface area contributed by atoms with Gasteiger partial charge in [0.2, 0.25) is 11.8 Å². The average Bonchev–Trinajstić information content (AvgIpc) is 2.75. The summed E-state index contributed by atoms with van der Waals surface area (Å²) in [4.78, 5) is 41.2. The zero-order valence-electron chi connectivity index (χ0n) is 17.5. The van der Waals surface area contributed by atoms with Crippen LogP contribution in [0, 0.1) is 13.8 Å². The van der Waals surface area contributed by atoms with Gasteiger partial charge in [0.1, 0.15) is 12.6 Å². The minimum atomic E-state index is -0.303. The Labute approximate surface area is 176 Å². The molecule has 0 aliphatic carbocycles. The van der Waals surface area contributed by atoms with Gasteiger partial charge in [0.05, 0.1) is 0 Å². The van der Waals surface area contributed by atoms with Crippen LogP contribution < -0.4 is 5.32 Å². The number of carbonyl (C=O) groups excluding carboxylic acids is 3. The van der Waals surface area contributed by atoms with E-state index in [9.17, 15) is 14.4 Å². The van der Waals surface area contributed by atoms with Gasteiger partial charge < -0.3 is 15.1 Å². The van der Waals surface area contributed by atoms with E-state index in [4.69, 9.17) is 0 Å². The van der Waals surface area contributed by atoms with E-state index >= 15 is 0 Å². The van der Waals surface area contributed by atoms with E-state index in [-0.39, 0.29) is 30.3 Å². The van der Waals surface area contributed by atoms with Crippen molar-refractivity contribution in [3.63, 3.8) is 0 Å². The summed E-state index contributed by atoms with van der Waals surface area (Å²) in [5.41, 5.74) is 4.44. The standard InChI is InChI=1S/C24H27N3O3/c1-16-6-5-7-20(17(16)2)25-23(29)19-11-9-18(10-12-19)14-26-15-22(28)27-13-4-3-8-21(27)24(26)30/h5-7,9-12,21H,3-4,8,13-15H2,1-2H3,(H,25,29)/t21-/m1/s1. The van der Waals surface area contributed by atoms with Gasteiger partial charge in [0.15, 0.2) is 0 Å². The van der Waals surface area contributed by atoms with Gasteiger partial charge >= 0.3 is 0 Å². The average molecular weight is 405 g/mol. The van der Waals surface area contributed by atoms with E-state index in [2.05, 4.69) is 5.32 Å². The van der Waals surface area contributed by atoms with Crippen molar-refractivity contribution in [2.24, 2.45) is 0 Å². The Kier molecular flexibility index (Phi) is 5.57. The molecule has 0 bridgehead atoms. The third kappa shape index (κ3) is 3.95. The monoisotopic (exact) mass is 405 g/mol. The second-order valence-electron chi connectivity index (χ2n) is 8.19. The highest BCUT2D eigenvalue weighted by molar-refractivity contribution is 6.04. The van der Waals surface area contributed by atoms with Crippen molar-refractivity contribution in [2.45, 2.75) is 45.7 Å². The molecule has 4 rings (SSSR count). The molecule has 1 atom stereocenters. The Balaban J connectivity index is 1.42. The number of benzene rings is 2. The molecule has 30 heavy (non-hydrogen) atoms. The van der Waals surface area contributed by atoms with Gasteiger partial charge in [-0.25, -0.2) is 0 Å². The van der Waals surface area contributed by atoms with Crippen molar-refractivity contribution in [1.29, 1.82) is 0 Å². The van der Waals surface area contributed by atoms with E-state index < -0.39 is 0 Å². The lowest BCUT2D eigenvalue weighted by Gasteiger charge is -2.42. The predicted molar refractivity (Wildman–Crippen MR) is 115 cm³/mol. The molecule has 3 amide bonds. The summed E-state index contributed by atoms with van der Waals surface area (Å²) in [6.45, 7) is 5.20. The first-order chi connectivity index (χ1) is 14.4. The third-order valence-corrected chi connectivity index (χ3v) is 6.19. The maximum absolute atomic E-state index is 12.8. The van der Waals surface area contributed by atoms with Crippen molar-refractivity contribution in [3.8, 4) is 0 Å². The summed E-state index contributed by atoms with van der Waals surface area (Å²) in [7, 11) is 0. The third-order valence-electron chi connectivity index (χ3n) is 6.19. The molecule has 6 heteroatoms. The Hall–Kier alpha value is -3.15. The van der Waals surface area contributed by atoms with Crippen LogP contribution in [0.2, 0.25) is 0 Å². The van der Waals surface area contributed by atoms with Crippen molar-refractivity contribution in [3.05, 3.63) is 64.7 Å². The Morgan fingerprint density at radius 2 is 1.83 bits per heavy atom. The number of piperidine rings is 1. The molecule has 156 valence electrons. The molecule has 1 N–H and O–H groups in total. The van der Waals surface area contributed by atoms with Crippen LogP contribution in [-0.2, 0) is 16.1 Å². The Morgan fingerprint density at radius 3 is 2.60 bits per heavy atom. The van der Waals surface area contributed by atoms with E-state index in [0.29, 0.717) is 18.7 Å². The van der Waals surface area contributed by atoms with Gasteiger partial charge in [-0.05, 0) is 68.0 Å². The predicted octanol–water partition coefficient (Wildman–Crippen LogP) is 3.28. The van der Waals surface area contributed by atoms with E-state index in [0.717, 1.165) is 41.6 Å². The number of piperazine rings is 1. The molecule has 2 aromatic rings. The normalized spacial score (nSPS) is 18.9. The first kappa shape index (κ1) is 20.1. The van der Waals surface area contributed by atoms with E-state index in [1.54, 1.807) is 21.9 Å². The fourth-order valence-corrected chi connectivity index (χ4v) is 4.23. The van der Waals surface area contributed by atoms with Crippen LogP contribution in [-0.4, -0.2) is 46.7 Å². The smallest absolute Gasteiger partial charge is 0.255 e. The molecule has 6 nitrogen and oxygen atoms in total. The van der Waals surface area contributed by atoms with E-state index in [1.165, 1.54) is 0 Å². The topological polar surface area (TPSA) is 69.7 Å². The molecule has 0 unspecified atom stereocenters. The summed E-state index contributed by atoms with van der Waals surface area (Å²) >= 11 is 0. The molecule has 2 aliphatic rings. The Morgan fingerprint density at radius 1 is 1.07 bits per heavy atom. The van der Waals surface area contributed by atoms with Crippen LogP contribution in [0.4, 0.5) is 5.69 Å². The number of fused-ring (bicyclic) bond motifs is 1.